The zero-order chi connectivity index (χ0) is 36.9. The minimum atomic E-state index is -1.47. The van der Waals surface area contributed by atoms with E-state index < -0.39 is 28.3 Å². The Hall–Kier alpha value is -3.26. The van der Waals surface area contributed by atoms with Crippen LogP contribution in [0.5, 0.6) is 0 Å². The van der Waals surface area contributed by atoms with Crippen molar-refractivity contribution in [3.05, 3.63) is 178 Å². The zero-order valence-electron chi connectivity index (χ0n) is 33.3. The van der Waals surface area contributed by atoms with Crippen LogP contribution in [-0.4, -0.2) is 5.92 Å². The molecule has 0 bridgehead atoms. The Morgan fingerprint density at radius 2 is 1.25 bits per heavy atom. The molecule has 0 fully saturated rings. The summed E-state index contributed by atoms with van der Waals surface area (Å²) in [5.41, 5.74) is 18.1. The SMILES string of the molecule is CCCC1=Cc2c(-c3ccccc3)cccc2C1c1c2c(c[c]([Zr+2][SiH](c3ccccc3)c3ccccc3)c1C(C)(C)C)-c1ccc(C(C)(C)C)cc1C2.[Cl-].[Cl-]. The molecular weight excluding hydrogens is 803 g/mol. The smallest absolute Gasteiger partial charge is 1.00 e. The molecular formula is C51H52Cl2SiZr. The largest absolute Gasteiger partial charge is 1.00 e. The van der Waals surface area contributed by atoms with Gasteiger partial charge in [0.2, 0.25) is 0 Å². The Balaban J connectivity index is 0.00000257. The summed E-state index contributed by atoms with van der Waals surface area (Å²) in [5, 5.41) is 3.18. The number of rotatable bonds is 8. The summed E-state index contributed by atoms with van der Waals surface area (Å²) in [4.78, 5) is 0. The minimum Gasteiger partial charge on any atom is -1.00 e. The molecule has 0 spiro atoms. The van der Waals surface area contributed by atoms with E-state index in [-0.39, 0.29) is 41.6 Å². The van der Waals surface area contributed by atoms with E-state index in [0.717, 1.165) is 19.3 Å². The van der Waals surface area contributed by atoms with Crippen molar-refractivity contribution < 1.29 is 47.2 Å². The van der Waals surface area contributed by atoms with E-state index >= 15 is 0 Å². The quantitative estimate of drug-likeness (QED) is 0.187. The van der Waals surface area contributed by atoms with Crippen LogP contribution in [0.4, 0.5) is 0 Å². The third-order valence-electron chi connectivity index (χ3n) is 11.5. The van der Waals surface area contributed by atoms with Crippen LogP contribution < -0.4 is 38.5 Å². The maximum absolute atomic E-state index is 2.74. The van der Waals surface area contributed by atoms with E-state index in [1.165, 1.54) is 44.5 Å². The predicted octanol–water partition coefficient (Wildman–Crippen LogP) is 5.10. The molecule has 0 aliphatic heterocycles. The molecule has 0 saturated carbocycles. The molecule has 0 saturated heterocycles. The van der Waals surface area contributed by atoms with Gasteiger partial charge in [0, 0.05) is 0 Å². The van der Waals surface area contributed by atoms with Crippen molar-refractivity contribution in [3.8, 4) is 22.3 Å². The molecule has 1 unspecified atom stereocenters. The number of halogens is 2. The Labute approximate surface area is 354 Å². The normalized spacial score (nSPS) is 14.3. The number of hydrogen-bond donors (Lipinski definition) is 0. The van der Waals surface area contributed by atoms with E-state index in [4.69, 9.17) is 0 Å². The molecule has 0 radical (unpaired) electrons. The van der Waals surface area contributed by atoms with E-state index in [9.17, 15) is 0 Å². The van der Waals surface area contributed by atoms with Crippen LogP contribution in [0, 0.1) is 0 Å². The van der Waals surface area contributed by atoms with Crippen LogP contribution in [-0.2, 0) is 39.6 Å². The van der Waals surface area contributed by atoms with Crippen molar-refractivity contribution in [3.63, 3.8) is 0 Å². The second-order valence-corrected chi connectivity index (χ2v) is 27.5. The van der Waals surface area contributed by atoms with Gasteiger partial charge in [-0.3, -0.25) is 0 Å². The Kier molecular flexibility index (Phi) is 12.6. The van der Waals surface area contributed by atoms with E-state index in [1.807, 2.05) is 0 Å². The summed E-state index contributed by atoms with van der Waals surface area (Å²) in [6, 6.07) is 51.5. The molecule has 0 aromatic heterocycles. The van der Waals surface area contributed by atoms with Gasteiger partial charge in [0.25, 0.3) is 0 Å². The fourth-order valence-corrected chi connectivity index (χ4v) is 22.4. The van der Waals surface area contributed by atoms with Gasteiger partial charge in [0.1, 0.15) is 0 Å². The Bertz CT molecular complexity index is 2280. The zero-order valence-corrected chi connectivity index (χ0v) is 38.4. The molecule has 1 atom stereocenters. The molecule has 0 heterocycles. The summed E-state index contributed by atoms with van der Waals surface area (Å²) in [6.45, 7) is 16.9. The van der Waals surface area contributed by atoms with Gasteiger partial charge >= 0.3 is 333 Å². The average molecular weight is 855 g/mol. The third kappa shape index (κ3) is 8.00. The van der Waals surface area contributed by atoms with Gasteiger partial charge in [0.05, 0.1) is 0 Å². The average Bonchev–Trinajstić information content (AvgIpc) is 3.71. The van der Waals surface area contributed by atoms with Crippen LogP contribution in [0.15, 0.2) is 139 Å². The summed E-state index contributed by atoms with van der Waals surface area (Å²) in [6.07, 6.45) is 5.87. The second kappa shape index (κ2) is 16.7. The maximum atomic E-state index is 2.74. The first-order valence-corrected chi connectivity index (χ1v) is 26.8. The van der Waals surface area contributed by atoms with Crippen molar-refractivity contribution in [1.82, 2.24) is 0 Å². The fourth-order valence-electron chi connectivity index (χ4n) is 9.06. The Morgan fingerprint density at radius 1 is 0.636 bits per heavy atom. The van der Waals surface area contributed by atoms with Crippen LogP contribution in [0.3, 0.4) is 0 Å². The summed E-state index contributed by atoms with van der Waals surface area (Å²) in [5.74, 6) is -1.20. The van der Waals surface area contributed by atoms with E-state index in [0.29, 0.717) is 0 Å². The first-order valence-electron chi connectivity index (χ1n) is 19.6. The fraction of sp³-hybridized carbons (Fsp3) is 0.255. The van der Waals surface area contributed by atoms with Gasteiger partial charge in [-0.1, -0.05) is 0 Å². The van der Waals surface area contributed by atoms with Crippen molar-refractivity contribution in [2.24, 2.45) is 0 Å². The molecule has 2 aliphatic rings. The summed E-state index contributed by atoms with van der Waals surface area (Å²) >= 11 is -1.14. The first-order chi connectivity index (χ1) is 25.5. The van der Waals surface area contributed by atoms with Gasteiger partial charge in [-0.25, -0.2) is 0 Å². The van der Waals surface area contributed by atoms with Gasteiger partial charge < -0.3 is 24.8 Å². The van der Waals surface area contributed by atoms with Crippen molar-refractivity contribution in [2.45, 2.75) is 84.5 Å². The first kappa shape index (κ1) is 41.4. The van der Waals surface area contributed by atoms with E-state index in [2.05, 4.69) is 188 Å². The molecule has 6 aromatic rings. The number of hydrogen-bond acceptors (Lipinski definition) is 0. The number of allylic oxidation sites excluding steroid dienone is 1. The molecule has 4 heteroatoms. The molecule has 2 aliphatic carbocycles. The van der Waals surface area contributed by atoms with Crippen molar-refractivity contribution in [1.29, 1.82) is 0 Å². The topological polar surface area (TPSA) is 0 Å². The number of benzene rings is 6. The van der Waals surface area contributed by atoms with E-state index in [1.54, 1.807) is 35.9 Å². The molecule has 0 nitrogen and oxygen atoms in total. The molecule has 6 aromatic carbocycles. The molecule has 278 valence electrons. The maximum Gasteiger partial charge on any atom is -1.00 e. The minimum absolute atomic E-state index is 0. The van der Waals surface area contributed by atoms with Gasteiger partial charge in [-0.2, -0.15) is 0 Å². The van der Waals surface area contributed by atoms with Crippen LogP contribution >= 0.6 is 0 Å². The van der Waals surface area contributed by atoms with Crippen LogP contribution in [0.25, 0.3) is 28.3 Å². The molecule has 8 rings (SSSR count). The van der Waals surface area contributed by atoms with Crippen molar-refractivity contribution in [2.75, 3.05) is 0 Å². The standard InChI is InChI=1S/C39H41.C12H11Si.2ClH.Zr/c1-8-13-26-23-33-29(25-14-10-9-11-15-25)16-12-17-32(33)36(26)37-34-24-27-22-28(38(2,3)4)18-19-30(27)31(34)20-21-35(37)39(5,6)7;1-3-7-11(8-4-1)13-12-9-5-2-6-10-12;;;/h9-12,14-20,22-23,36H,8,13,24H2,1-7H3;1-10,13H;2*1H;/q;;;;+2/p-2. The molecule has 55 heavy (non-hydrogen) atoms. The van der Waals surface area contributed by atoms with Gasteiger partial charge in [-0.15, -0.1) is 0 Å². The molecule has 0 N–H and O–H groups in total. The third-order valence-corrected chi connectivity index (χ3v) is 24.5. The van der Waals surface area contributed by atoms with Crippen LogP contribution in [0.1, 0.15) is 106 Å². The summed E-state index contributed by atoms with van der Waals surface area (Å²) < 4.78 is 1.72. The summed E-state index contributed by atoms with van der Waals surface area (Å²) in [7, 11) is 0. The van der Waals surface area contributed by atoms with Crippen molar-refractivity contribution >= 4 is 25.6 Å². The van der Waals surface area contributed by atoms with Gasteiger partial charge in [0.15, 0.2) is 0 Å². The van der Waals surface area contributed by atoms with Gasteiger partial charge in [-0.05, 0) is 0 Å². The molecule has 0 amide bonds. The second-order valence-electron chi connectivity index (χ2n) is 17.3. The predicted molar refractivity (Wildman–Crippen MR) is 228 cm³/mol. The number of fused-ring (bicyclic) bond motifs is 4. The Morgan fingerprint density at radius 3 is 1.84 bits per heavy atom. The van der Waals surface area contributed by atoms with Crippen LogP contribution in [0.2, 0.25) is 0 Å². The monoisotopic (exact) mass is 852 g/mol.